The zero-order valence-corrected chi connectivity index (χ0v) is 26.3. The lowest BCUT2D eigenvalue weighted by Crippen LogP contribution is -2.62. The Bertz CT molecular complexity index is 1600. The van der Waals surface area contributed by atoms with Crippen LogP contribution in [-0.4, -0.2) is 41.3 Å². The van der Waals surface area contributed by atoms with Gasteiger partial charge >= 0.3 is 0 Å². The SMILES string of the molecule is Cc1cccc([C@H]2O[C@H](COc3ccccc3)[C@@H](Oc3ccccc3)[C@H](Oc3ccccc3)[C@@H]2Oc2ccccc2)c1CC[Si]. The van der Waals surface area contributed by atoms with E-state index in [0.29, 0.717) is 5.75 Å². The molecule has 1 aliphatic rings. The molecule has 0 spiro atoms. The van der Waals surface area contributed by atoms with Crippen molar-refractivity contribution in [2.45, 2.75) is 49.9 Å². The number of benzene rings is 5. The molecule has 1 aliphatic heterocycles. The molecule has 5 atom stereocenters. The summed E-state index contributed by atoms with van der Waals surface area (Å²) < 4.78 is 34.0. The summed E-state index contributed by atoms with van der Waals surface area (Å²) in [5, 5.41) is 0. The van der Waals surface area contributed by atoms with Crippen molar-refractivity contribution >= 4 is 10.2 Å². The first kappa shape index (κ1) is 30.5. The average molecular weight is 614 g/mol. The normalized spacial score (nSPS) is 21.1. The van der Waals surface area contributed by atoms with Gasteiger partial charge in [-0.3, -0.25) is 0 Å². The van der Waals surface area contributed by atoms with Gasteiger partial charge in [-0.05, 0) is 78.6 Å². The van der Waals surface area contributed by atoms with Crippen LogP contribution in [0.5, 0.6) is 23.0 Å². The minimum Gasteiger partial charge on any atom is -0.491 e. The van der Waals surface area contributed by atoms with Crippen molar-refractivity contribution in [3.63, 3.8) is 0 Å². The first-order chi connectivity index (χ1) is 22.2. The molecule has 0 N–H and O–H groups in total. The Morgan fingerprint density at radius 3 is 1.58 bits per heavy atom. The molecule has 3 radical (unpaired) electrons. The van der Waals surface area contributed by atoms with E-state index in [1.54, 1.807) is 0 Å². The highest BCUT2D eigenvalue weighted by atomic mass is 28.1. The summed E-state index contributed by atoms with van der Waals surface area (Å²) in [6, 6.07) is 46.4. The minimum absolute atomic E-state index is 0.254. The van der Waals surface area contributed by atoms with E-state index in [1.165, 1.54) is 11.1 Å². The predicted molar refractivity (Wildman–Crippen MR) is 178 cm³/mol. The van der Waals surface area contributed by atoms with Gasteiger partial charge in [-0.15, -0.1) is 0 Å². The Morgan fingerprint density at radius 1 is 0.556 bits per heavy atom. The quantitative estimate of drug-likeness (QED) is 0.134. The van der Waals surface area contributed by atoms with Crippen LogP contribution in [0.4, 0.5) is 0 Å². The summed E-state index contributed by atoms with van der Waals surface area (Å²) in [4.78, 5) is 0. The van der Waals surface area contributed by atoms with Crippen molar-refractivity contribution < 1.29 is 23.7 Å². The first-order valence-electron chi connectivity index (χ1n) is 15.4. The van der Waals surface area contributed by atoms with Crippen molar-refractivity contribution in [1.29, 1.82) is 0 Å². The van der Waals surface area contributed by atoms with Crippen LogP contribution in [0.25, 0.3) is 0 Å². The lowest BCUT2D eigenvalue weighted by Gasteiger charge is -2.46. The number of ether oxygens (including phenoxy) is 5. The van der Waals surface area contributed by atoms with Crippen molar-refractivity contribution in [2.24, 2.45) is 0 Å². The van der Waals surface area contributed by atoms with E-state index in [0.717, 1.165) is 35.3 Å². The Hall–Kier alpha value is -4.52. The number of para-hydroxylation sites is 4. The van der Waals surface area contributed by atoms with E-state index in [2.05, 4.69) is 35.4 Å². The van der Waals surface area contributed by atoms with Gasteiger partial charge in [0.2, 0.25) is 0 Å². The van der Waals surface area contributed by atoms with Gasteiger partial charge in [-0.1, -0.05) is 97.0 Å². The summed E-state index contributed by atoms with van der Waals surface area (Å²) in [5.41, 5.74) is 3.49. The molecular weight excluding hydrogens is 577 g/mol. The van der Waals surface area contributed by atoms with E-state index < -0.39 is 30.5 Å². The average Bonchev–Trinajstić information content (AvgIpc) is 3.08. The van der Waals surface area contributed by atoms with Gasteiger partial charge in [0.05, 0.1) is 0 Å². The molecule has 227 valence electrons. The zero-order chi connectivity index (χ0) is 30.8. The molecule has 1 saturated heterocycles. The molecule has 45 heavy (non-hydrogen) atoms. The Morgan fingerprint density at radius 2 is 1.04 bits per heavy atom. The van der Waals surface area contributed by atoms with E-state index >= 15 is 0 Å². The molecule has 6 rings (SSSR count). The molecule has 0 saturated carbocycles. The van der Waals surface area contributed by atoms with E-state index in [9.17, 15) is 0 Å². The monoisotopic (exact) mass is 613 g/mol. The van der Waals surface area contributed by atoms with Gasteiger partial charge in [0.25, 0.3) is 0 Å². The van der Waals surface area contributed by atoms with Crippen molar-refractivity contribution in [2.75, 3.05) is 6.61 Å². The molecule has 0 aromatic heterocycles. The van der Waals surface area contributed by atoms with Crippen molar-refractivity contribution in [1.82, 2.24) is 0 Å². The zero-order valence-electron chi connectivity index (χ0n) is 25.3. The molecule has 0 amide bonds. The van der Waals surface area contributed by atoms with Gasteiger partial charge in [-0.2, -0.15) is 0 Å². The minimum atomic E-state index is -0.578. The summed E-state index contributed by atoms with van der Waals surface area (Å²) in [6.07, 6.45) is -1.86. The Balaban J connectivity index is 1.48. The molecule has 5 nitrogen and oxygen atoms in total. The number of hydrogen-bond acceptors (Lipinski definition) is 5. The first-order valence-corrected chi connectivity index (χ1v) is 16.1. The van der Waals surface area contributed by atoms with Crippen LogP contribution >= 0.6 is 0 Å². The van der Waals surface area contributed by atoms with Crippen molar-refractivity contribution in [3.8, 4) is 23.0 Å². The molecule has 0 unspecified atom stereocenters. The molecule has 0 bridgehead atoms. The van der Waals surface area contributed by atoms with Crippen LogP contribution in [0, 0.1) is 6.92 Å². The number of aryl methyl sites for hydroxylation is 1. The molecule has 0 aliphatic carbocycles. The lowest BCUT2D eigenvalue weighted by molar-refractivity contribution is -0.210. The smallest absolute Gasteiger partial charge is 0.178 e. The van der Waals surface area contributed by atoms with Crippen LogP contribution in [0.2, 0.25) is 6.04 Å². The van der Waals surface area contributed by atoms with Crippen LogP contribution in [-0.2, 0) is 11.2 Å². The van der Waals surface area contributed by atoms with Gasteiger partial charge in [0.1, 0.15) is 41.8 Å². The summed E-state index contributed by atoms with van der Waals surface area (Å²) in [6.45, 7) is 2.40. The van der Waals surface area contributed by atoms with Gasteiger partial charge in [-0.25, -0.2) is 0 Å². The number of rotatable bonds is 12. The maximum Gasteiger partial charge on any atom is 0.178 e. The largest absolute Gasteiger partial charge is 0.491 e. The fourth-order valence-electron chi connectivity index (χ4n) is 5.83. The topological polar surface area (TPSA) is 46.2 Å². The van der Waals surface area contributed by atoms with Crippen LogP contribution in [0.15, 0.2) is 140 Å². The van der Waals surface area contributed by atoms with Crippen LogP contribution in [0.3, 0.4) is 0 Å². The van der Waals surface area contributed by atoms with Crippen LogP contribution in [0.1, 0.15) is 22.8 Å². The molecule has 1 heterocycles. The second kappa shape index (κ2) is 15.0. The number of hydrogen-bond donors (Lipinski definition) is 0. The second-order valence-electron chi connectivity index (χ2n) is 11.0. The van der Waals surface area contributed by atoms with Gasteiger partial charge in [0.15, 0.2) is 18.3 Å². The summed E-state index contributed by atoms with van der Waals surface area (Å²) in [5.74, 6) is 2.92. The highest BCUT2D eigenvalue weighted by Crippen LogP contribution is 2.40. The third-order valence-corrected chi connectivity index (χ3v) is 8.22. The Kier molecular flexibility index (Phi) is 10.1. The lowest BCUT2D eigenvalue weighted by atomic mass is 9.86. The maximum atomic E-state index is 7.10. The molecule has 5 aromatic carbocycles. The molecular formula is C39H37O5Si. The highest BCUT2D eigenvalue weighted by Gasteiger charge is 2.52. The summed E-state index contributed by atoms with van der Waals surface area (Å²) in [7, 11) is 3.73. The summed E-state index contributed by atoms with van der Waals surface area (Å²) >= 11 is 0. The van der Waals surface area contributed by atoms with Crippen molar-refractivity contribution in [3.05, 3.63) is 156 Å². The molecule has 5 aromatic rings. The highest BCUT2D eigenvalue weighted by molar-refractivity contribution is 6.08. The maximum absolute atomic E-state index is 7.10. The third kappa shape index (κ3) is 7.59. The fourth-order valence-corrected chi connectivity index (χ4v) is 6.08. The van der Waals surface area contributed by atoms with Crippen LogP contribution < -0.4 is 18.9 Å². The van der Waals surface area contributed by atoms with Gasteiger partial charge < -0.3 is 23.7 Å². The van der Waals surface area contributed by atoms with E-state index in [-0.39, 0.29) is 6.61 Å². The van der Waals surface area contributed by atoms with E-state index in [1.807, 2.05) is 121 Å². The van der Waals surface area contributed by atoms with E-state index in [4.69, 9.17) is 23.7 Å². The third-order valence-electron chi connectivity index (χ3n) is 7.97. The fraction of sp³-hybridized carbons (Fsp3) is 0.231. The second-order valence-corrected chi connectivity index (χ2v) is 11.5. The Labute approximate surface area is 269 Å². The standard InChI is InChI=1S/C39H37O5Si/c1-28-15-14-24-34(33(28)25-26-45)36-38(42-31-20-10-4-11-21-31)39(43-32-22-12-5-13-23-32)37(41-30-18-8-3-9-19-30)35(44-36)27-40-29-16-6-2-7-17-29/h2-24,35-39H,25-27H2,1H3/t35-,36-,37-,38-,39+/m1/s1. The molecule has 1 fully saturated rings. The molecule has 6 heteroatoms. The van der Waals surface area contributed by atoms with Gasteiger partial charge in [0, 0.05) is 10.2 Å². The predicted octanol–water partition coefficient (Wildman–Crippen LogP) is 7.99.